The first-order chi connectivity index (χ1) is 11.1. The summed E-state index contributed by atoms with van der Waals surface area (Å²) in [6, 6.07) is 6.43. The van der Waals surface area contributed by atoms with Gasteiger partial charge in [0.25, 0.3) is 0 Å². The summed E-state index contributed by atoms with van der Waals surface area (Å²) in [5.74, 6) is 0.249. The SMILES string of the molecule is Cc1ccc(CCC(=O)N2CCC(OCCCO)CC2)c(C)c1. The van der Waals surface area contributed by atoms with Crippen LogP contribution in [0.25, 0.3) is 0 Å². The molecule has 2 rings (SSSR count). The number of aliphatic hydroxyl groups excluding tert-OH is 1. The van der Waals surface area contributed by atoms with Gasteiger partial charge in [-0.3, -0.25) is 4.79 Å². The Morgan fingerprint density at radius 3 is 2.70 bits per heavy atom. The van der Waals surface area contributed by atoms with Crippen molar-refractivity contribution >= 4 is 5.91 Å². The maximum atomic E-state index is 12.4. The zero-order valence-corrected chi connectivity index (χ0v) is 14.4. The topological polar surface area (TPSA) is 49.8 Å². The molecule has 0 atom stereocenters. The minimum absolute atomic E-state index is 0.176. The third-order valence-electron chi connectivity index (χ3n) is 4.56. The summed E-state index contributed by atoms with van der Waals surface area (Å²) in [5, 5.41) is 8.77. The quantitative estimate of drug-likeness (QED) is 0.786. The second kappa shape index (κ2) is 9.04. The molecule has 4 heteroatoms. The van der Waals surface area contributed by atoms with Crippen LogP contribution in [0.1, 0.15) is 42.4 Å². The van der Waals surface area contributed by atoms with E-state index in [1.807, 2.05) is 4.90 Å². The first-order valence-electron chi connectivity index (χ1n) is 8.66. The van der Waals surface area contributed by atoms with Crippen molar-refractivity contribution in [1.29, 1.82) is 0 Å². The van der Waals surface area contributed by atoms with Crippen molar-refractivity contribution < 1.29 is 14.6 Å². The molecule has 23 heavy (non-hydrogen) atoms. The zero-order chi connectivity index (χ0) is 16.7. The second-order valence-electron chi connectivity index (χ2n) is 6.46. The summed E-state index contributed by atoms with van der Waals surface area (Å²) in [4.78, 5) is 14.3. The summed E-state index contributed by atoms with van der Waals surface area (Å²) in [6.45, 7) is 6.57. The van der Waals surface area contributed by atoms with Crippen LogP contribution in [-0.2, 0) is 16.0 Å². The molecule has 1 fully saturated rings. The number of hydrogen-bond acceptors (Lipinski definition) is 3. The summed E-state index contributed by atoms with van der Waals surface area (Å²) in [7, 11) is 0. The highest BCUT2D eigenvalue weighted by molar-refractivity contribution is 5.76. The molecule has 128 valence electrons. The van der Waals surface area contributed by atoms with Gasteiger partial charge in [-0.05, 0) is 50.7 Å². The molecule has 0 spiro atoms. The van der Waals surface area contributed by atoms with E-state index in [2.05, 4.69) is 32.0 Å². The predicted octanol–water partition coefficient (Wildman–Crippen LogP) is 2.63. The Balaban J connectivity index is 1.72. The number of ether oxygens (including phenoxy) is 1. The number of aryl methyl sites for hydroxylation is 3. The average molecular weight is 319 g/mol. The minimum atomic E-state index is 0.176. The van der Waals surface area contributed by atoms with Crippen molar-refractivity contribution in [2.45, 2.75) is 52.1 Å². The molecule has 1 heterocycles. The molecule has 1 aromatic carbocycles. The van der Waals surface area contributed by atoms with Gasteiger partial charge in [-0.15, -0.1) is 0 Å². The van der Waals surface area contributed by atoms with Crippen molar-refractivity contribution in [1.82, 2.24) is 4.90 Å². The lowest BCUT2D eigenvalue weighted by atomic mass is 10.0. The van der Waals surface area contributed by atoms with Gasteiger partial charge in [-0.25, -0.2) is 0 Å². The Morgan fingerprint density at radius 1 is 1.30 bits per heavy atom. The van der Waals surface area contributed by atoms with Crippen LogP contribution in [-0.4, -0.2) is 48.3 Å². The fourth-order valence-corrected chi connectivity index (χ4v) is 3.11. The highest BCUT2D eigenvalue weighted by Crippen LogP contribution is 2.17. The van der Waals surface area contributed by atoms with Crippen LogP contribution in [0.4, 0.5) is 0 Å². The Morgan fingerprint density at radius 2 is 2.04 bits per heavy atom. The number of benzene rings is 1. The normalized spacial score (nSPS) is 15.9. The van der Waals surface area contributed by atoms with Crippen molar-refractivity contribution in [3.8, 4) is 0 Å². The molecule has 0 aliphatic carbocycles. The number of carbonyl (C=O) groups is 1. The summed E-state index contributed by atoms with van der Waals surface area (Å²) < 4.78 is 5.71. The Labute approximate surface area is 139 Å². The van der Waals surface area contributed by atoms with Gasteiger partial charge in [0, 0.05) is 32.7 Å². The van der Waals surface area contributed by atoms with Crippen molar-refractivity contribution in [2.75, 3.05) is 26.3 Å². The molecular formula is C19H29NO3. The highest BCUT2D eigenvalue weighted by Gasteiger charge is 2.22. The molecule has 0 unspecified atom stereocenters. The van der Waals surface area contributed by atoms with E-state index in [4.69, 9.17) is 9.84 Å². The van der Waals surface area contributed by atoms with Crippen LogP contribution in [0, 0.1) is 13.8 Å². The van der Waals surface area contributed by atoms with Crippen LogP contribution < -0.4 is 0 Å². The van der Waals surface area contributed by atoms with Gasteiger partial charge in [0.05, 0.1) is 6.10 Å². The molecule has 1 amide bonds. The van der Waals surface area contributed by atoms with Crippen LogP contribution >= 0.6 is 0 Å². The number of aliphatic hydroxyl groups is 1. The number of amides is 1. The van der Waals surface area contributed by atoms with Crippen LogP contribution in [0.15, 0.2) is 18.2 Å². The maximum Gasteiger partial charge on any atom is 0.222 e. The summed E-state index contributed by atoms with van der Waals surface area (Å²) in [5.41, 5.74) is 3.81. The number of nitrogens with zero attached hydrogens (tertiary/aromatic N) is 1. The van der Waals surface area contributed by atoms with E-state index in [0.717, 1.165) is 32.4 Å². The molecule has 0 saturated carbocycles. The first kappa shape index (κ1) is 18.0. The average Bonchev–Trinajstić information content (AvgIpc) is 2.55. The lowest BCUT2D eigenvalue weighted by Gasteiger charge is -2.32. The van der Waals surface area contributed by atoms with Gasteiger partial charge in [0.2, 0.25) is 5.91 Å². The molecule has 1 aliphatic heterocycles. The van der Waals surface area contributed by atoms with Crippen LogP contribution in [0.3, 0.4) is 0 Å². The standard InChI is InChI=1S/C19H29NO3/c1-15-4-5-17(16(2)14-15)6-7-19(22)20-10-8-18(9-11-20)23-13-3-12-21/h4-5,14,18,21H,3,6-13H2,1-2H3. The maximum absolute atomic E-state index is 12.4. The minimum Gasteiger partial charge on any atom is -0.396 e. The fourth-order valence-electron chi connectivity index (χ4n) is 3.11. The molecule has 1 aliphatic rings. The molecule has 0 bridgehead atoms. The van der Waals surface area contributed by atoms with Crippen LogP contribution in [0.2, 0.25) is 0 Å². The Kier molecular flexibility index (Phi) is 7.06. The third kappa shape index (κ3) is 5.63. The summed E-state index contributed by atoms with van der Waals surface area (Å²) >= 11 is 0. The first-order valence-corrected chi connectivity index (χ1v) is 8.66. The van der Waals surface area contributed by atoms with E-state index >= 15 is 0 Å². The van der Waals surface area contributed by atoms with Gasteiger partial charge in [-0.1, -0.05) is 23.8 Å². The number of hydrogen-bond donors (Lipinski definition) is 1. The fraction of sp³-hybridized carbons (Fsp3) is 0.632. The molecule has 0 aromatic heterocycles. The molecule has 1 aromatic rings. The molecule has 1 saturated heterocycles. The van der Waals surface area contributed by atoms with E-state index in [-0.39, 0.29) is 18.6 Å². The van der Waals surface area contributed by atoms with Gasteiger partial charge < -0.3 is 14.7 Å². The number of carbonyl (C=O) groups excluding carboxylic acids is 1. The van der Waals surface area contributed by atoms with E-state index in [9.17, 15) is 4.79 Å². The molecule has 4 nitrogen and oxygen atoms in total. The van der Waals surface area contributed by atoms with Crippen molar-refractivity contribution in [2.24, 2.45) is 0 Å². The second-order valence-corrected chi connectivity index (χ2v) is 6.46. The smallest absolute Gasteiger partial charge is 0.222 e. The monoisotopic (exact) mass is 319 g/mol. The summed E-state index contributed by atoms with van der Waals surface area (Å²) in [6.07, 6.45) is 4.14. The lowest BCUT2D eigenvalue weighted by Crippen LogP contribution is -2.41. The van der Waals surface area contributed by atoms with E-state index in [1.165, 1.54) is 16.7 Å². The van der Waals surface area contributed by atoms with Gasteiger partial charge in [0.15, 0.2) is 0 Å². The van der Waals surface area contributed by atoms with Crippen molar-refractivity contribution in [3.63, 3.8) is 0 Å². The molecular weight excluding hydrogens is 290 g/mol. The lowest BCUT2D eigenvalue weighted by molar-refractivity contribution is -0.133. The zero-order valence-electron chi connectivity index (χ0n) is 14.4. The van der Waals surface area contributed by atoms with Crippen molar-refractivity contribution in [3.05, 3.63) is 34.9 Å². The van der Waals surface area contributed by atoms with Gasteiger partial charge in [0.1, 0.15) is 0 Å². The van der Waals surface area contributed by atoms with Crippen LogP contribution in [0.5, 0.6) is 0 Å². The number of piperidine rings is 1. The van der Waals surface area contributed by atoms with Gasteiger partial charge >= 0.3 is 0 Å². The highest BCUT2D eigenvalue weighted by atomic mass is 16.5. The van der Waals surface area contributed by atoms with E-state index < -0.39 is 0 Å². The largest absolute Gasteiger partial charge is 0.396 e. The molecule has 0 radical (unpaired) electrons. The Hall–Kier alpha value is -1.39. The number of rotatable bonds is 7. The Bertz CT molecular complexity index is 507. The number of likely N-dealkylation sites (tertiary alicyclic amines) is 1. The van der Waals surface area contributed by atoms with E-state index in [1.54, 1.807) is 0 Å². The van der Waals surface area contributed by atoms with E-state index in [0.29, 0.717) is 19.4 Å². The van der Waals surface area contributed by atoms with Gasteiger partial charge in [-0.2, -0.15) is 0 Å². The molecule has 1 N–H and O–H groups in total. The third-order valence-corrected chi connectivity index (χ3v) is 4.56. The predicted molar refractivity (Wildman–Crippen MR) is 91.5 cm³/mol.